The molecule has 1 saturated carbocycles. The molecule has 2 aliphatic heterocycles. The van der Waals surface area contributed by atoms with Crippen molar-refractivity contribution in [3.63, 3.8) is 0 Å². The lowest BCUT2D eigenvalue weighted by molar-refractivity contribution is -0.140. The summed E-state index contributed by atoms with van der Waals surface area (Å²) in [5.41, 5.74) is 0. The van der Waals surface area contributed by atoms with Crippen LogP contribution in [0.15, 0.2) is 0 Å². The molecular weight excluding hydrogens is 228 g/mol. The lowest BCUT2D eigenvalue weighted by atomic mass is 9.81. The highest BCUT2D eigenvalue weighted by molar-refractivity contribution is 6.05. The van der Waals surface area contributed by atoms with Crippen LogP contribution in [-0.4, -0.2) is 36.3 Å². The minimum atomic E-state index is 0.0213. The van der Waals surface area contributed by atoms with E-state index in [0.717, 1.165) is 51.6 Å². The number of rotatable bonds is 2. The molecule has 100 valence electrons. The predicted molar refractivity (Wildman–Crippen MR) is 67.8 cm³/mol. The zero-order valence-corrected chi connectivity index (χ0v) is 10.9. The fourth-order valence-corrected chi connectivity index (χ4v) is 3.73. The van der Waals surface area contributed by atoms with Crippen molar-refractivity contribution in [3.05, 3.63) is 0 Å². The third kappa shape index (κ3) is 2.07. The van der Waals surface area contributed by atoms with Crippen molar-refractivity contribution < 1.29 is 9.59 Å². The first-order valence-electron chi connectivity index (χ1n) is 7.33. The highest BCUT2D eigenvalue weighted by Gasteiger charge is 2.48. The largest absolute Gasteiger partial charge is 0.317 e. The number of nitrogens with one attached hydrogen (secondary N) is 1. The van der Waals surface area contributed by atoms with E-state index in [1.165, 1.54) is 0 Å². The number of likely N-dealkylation sites (tertiary alicyclic amines) is 1. The number of piperidine rings is 1. The maximum absolute atomic E-state index is 12.3. The van der Waals surface area contributed by atoms with E-state index in [1.54, 1.807) is 4.90 Å². The minimum Gasteiger partial charge on any atom is -0.317 e. The van der Waals surface area contributed by atoms with E-state index in [0.29, 0.717) is 12.5 Å². The van der Waals surface area contributed by atoms with Crippen LogP contribution in [0.5, 0.6) is 0 Å². The molecule has 2 heterocycles. The van der Waals surface area contributed by atoms with Gasteiger partial charge in [-0.3, -0.25) is 14.5 Å². The number of carbonyl (C=O) groups excluding carboxylic acids is 2. The van der Waals surface area contributed by atoms with Crippen LogP contribution in [0, 0.1) is 17.8 Å². The highest BCUT2D eigenvalue weighted by atomic mass is 16.2. The maximum atomic E-state index is 12.3. The molecule has 2 unspecified atom stereocenters. The summed E-state index contributed by atoms with van der Waals surface area (Å²) >= 11 is 0. The van der Waals surface area contributed by atoms with E-state index in [9.17, 15) is 9.59 Å². The molecule has 1 N–H and O–H groups in total. The van der Waals surface area contributed by atoms with Gasteiger partial charge < -0.3 is 5.32 Å². The van der Waals surface area contributed by atoms with Gasteiger partial charge in [-0.2, -0.15) is 0 Å². The molecule has 3 rings (SSSR count). The van der Waals surface area contributed by atoms with Gasteiger partial charge in [-0.15, -0.1) is 0 Å². The van der Waals surface area contributed by atoms with E-state index in [4.69, 9.17) is 0 Å². The molecule has 0 aromatic rings. The first-order valence-corrected chi connectivity index (χ1v) is 7.33. The van der Waals surface area contributed by atoms with Crippen LogP contribution in [0.2, 0.25) is 0 Å². The predicted octanol–water partition coefficient (Wildman–Crippen LogP) is 1.16. The monoisotopic (exact) mass is 250 g/mol. The Morgan fingerprint density at radius 1 is 0.944 bits per heavy atom. The topological polar surface area (TPSA) is 49.4 Å². The average molecular weight is 250 g/mol. The van der Waals surface area contributed by atoms with Crippen LogP contribution < -0.4 is 5.32 Å². The molecule has 0 aromatic heterocycles. The number of nitrogens with zero attached hydrogens (tertiary/aromatic N) is 1. The van der Waals surface area contributed by atoms with Crippen molar-refractivity contribution in [1.29, 1.82) is 0 Å². The Bertz CT molecular complexity index is 326. The number of carbonyl (C=O) groups is 2. The van der Waals surface area contributed by atoms with Gasteiger partial charge in [0.25, 0.3) is 0 Å². The number of imide groups is 1. The molecule has 0 aromatic carbocycles. The molecular formula is C14H22N2O2. The summed E-state index contributed by atoms with van der Waals surface area (Å²) in [6.07, 6.45) is 6.26. The smallest absolute Gasteiger partial charge is 0.233 e. The van der Waals surface area contributed by atoms with Crippen LogP contribution in [0.25, 0.3) is 0 Å². The molecule has 2 atom stereocenters. The second-order valence-electron chi connectivity index (χ2n) is 5.98. The van der Waals surface area contributed by atoms with Gasteiger partial charge in [-0.05, 0) is 44.7 Å². The fraction of sp³-hybridized carbons (Fsp3) is 0.857. The fourth-order valence-electron chi connectivity index (χ4n) is 3.73. The molecule has 0 bridgehead atoms. The Labute approximate surface area is 108 Å². The summed E-state index contributed by atoms with van der Waals surface area (Å²) in [6.45, 7) is 2.72. The van der Waals surface area contributed by atoms with Crippen LogP contribution in [0.1, 0.15) is 38.5 Å². The molecule has 4 heteroatoms. The Kier molecular flexibility index (Phi) is 3.37. The van der Waals surface area contributed by atoms with Crippen molar-refractivity contribution in [1.82, 2.24) is 10.2 Å². The van der Waals surface area contributed by atoms with Crippen LogP contribution in [0.4, 0.5) is 0 Å². The maximum Gasteiger partial charge on any atom is 0.233 e. The molecule has 2 amide bonds. The molecule has 18 heavy (non-hydrogen) atoms. The zero-order chi connectivity index (χ0) is 12.5. The molecule has 1 aliphatic carbocycles. The van der Waals surface area contributed by atoms with Crippen molar-refractivity contribution in [3.8, 4) is 0 Å². The van der Waals surface area contributed by atoms with Gasteiger partial charge in [0.15, 0.2) is 0 Å². The lowest BCUT2D eigenvalue weighted by Crippen LogP contribution is -2.39. The Balaban J connectivity index is 1.68. The molecule has 3 fully saturated rings. The van der Waals surface area contributed by atoms with E-state index in [1.807, 2.05) is 0 Å². The van der Waals surface area contributed by atoms with Crippen molar-refractivity contribution in [2.45, 2.75) is 38.5 Å². The number of hydrogen-bond acceptors (Lipinski definition) is 3. The van der Waals surface area contributed by atoms with Gasteiger partial charge in [-0.25, -0.2) is 0 Å². The van der Waals surface area contributed by atoms with Crippen molar-refractivity contribution in [2.24, 2.45) is 17.8 Å². The summed E-state index contributed by atoms with van der Waals surface area (Å²) in [7, 11) is 0. The van der Waals surface area contributed by atoms with E-state index in [-0.39, 0.29) is 23.7 Å². The minimum absolute atomic E-state index is 0.0213. The Hall–Kier alpha value is -0.900. The van der Waals surface area contributed by atoms with E-state index < -0.39 is 0 Å². The third-order valence-corrected chi connectivity index (χ3v) is 4.83. The lowest BCUT2D eigenvalue weighted by Gasteiger charge is -2.26. The summed E-state index contributed by atoms with van der Waals surface area (Å²) in [4.78, 5) is 26.2. The first kappa shape index (κ1) is 12.2. The van der Waals surface area contributed by atoms with Crippen LogP contribution in [-0.2, 0) is 9.59 Å². The number of fused-ring (bicyclic) bond motifs is 1. The van der Waals surface area contributed by atoms with Gasteiger partial charge >= 0.3 is 0 Å². The zero-order valence-electron chi connectivity index (χ0n) is 10.9. The Morgan fingerprint density at radius 3 is 2.06 bits per heavy atom. The molecule has 4 nitrogen and oxygen atoms in total. The Morgan fingerprint density at radius 2 is 1.50 bits per heavy atom. The van der Waals surface area contributed by atoms with Gasteiger partial charge in [0.1, 0.15) is 0 Å². The normalized spacial score (nSPS) is 33.9. The van der Waals surface area contributed by atoms with Gasteiger partial charge in [0.2, 0.25) is 11.8 Å². The van der Waals surface area contributed by atoms with Crippen molar-refractivity contribution >= 4 is 11.8 Å². The van der Waals surface area contributed by atoms with Gasteiger partial charge in [0.05, 0.1) is 11.8 Å². The number of hydrogen-bond donors (Lipinski definition) is 1. The standard InChI is InChI=1S/C14H22N2O2/c17-13-11-3-1-2-4-12(11)14(18)16(13)9-10-5-7-15-8-6-10/h10-12,15H,1-9H2. The first-order chi connectivity index (χ1) is 8.77. The van der Waals surface area contributed by atoms with E-state index in [2.05, 4.69) is 5.32 Å². The molecule has 0 radical (unpaired) electrons. The molecule has 0 spiro atoms. The quantitative estimate of drug-likeness (QED) is 0.748. The SMILES string of the molecule is O=C1C2CCCCC2C(=O)N1CC1CCNCC1. The number of amides is 2. The third-order valence-electron chi connectivity index (χ3n) is 4.83. The highest BCUT2D eigenvalue weighted by Crippen LogP contribution is 2.38. The summed E-state index contributed by atoms with van der Waals surface area (Å²) in [6, 6.07) is 0. The van der Waals surface area contributed by atoms with Gasteiger partial charge in [0, 0.05) is 6.54 Å². The summed E-state index contributed by atoms with van der Waals surface area (Å²) < 4.78 is 0. The second-order valence-corrected chi connectivity index (χ2v) is 5.98. The van der Waals surface area contributed by atoms with E-state index >= 15 is 0 Å². The average Bonchev–Trinajstić information content (AvgIpc) is 2.66. The van der Waals surface area contributed by atoms with Crippen LogP contribution in [0.3, 0.4) is 0 Å². The molecule has 3 aliphatic rings. The van der Waals surface area contributed by atoms with Crippen LogP contribution >= 0.6 is 0 Å². The van der Waals surface area contributed by atoms with Crippen molar-refractivity contribution in [2.75, 3.05) is 19.6 Å². The summed E-state index contributed by atoms with van der Waals surface area (Å²) in [5.74, 6) is 0.812. The summed E-state index contributed by atoms with van der Waals surface area (Å²) in [5, 5.41) is 3.32. The van der Waals surface area contributed by atoms with Gasteiger partial charge in [-0.1, -0.05) is 12.8 Å². The second kappa shape index (κ2) is 5.00. The molecule has 2 saturated heterocycles.